The van der Waals surface area contributed by atoms with Gasteiger partial charge >= 0.3 is 0 Å². The van der Waals surface area contributed by atoms with E-state index < -0.39 is 0 Å². The first-order valence-corrected chi connectivity index (χ1v) is 33.4. The van der Waals surface area contributed by atoms with E-state index in [1.54, 1.807) is 0 Å². The molecule has 479 valence electrons. The van der Waals surface area contributed by atoms with E-state index in [1.807, 2.05) is 12.4 Å². The van der Waals surface area contributed by atoms with Crippen LogP contribution in [-0.2, 0) is 50.6 Å². The van der Waals surface area contributed by atoms with Crippen LogP contribution in [0, 0.1) is 51.5 Å². The van der Waals surface area contributed by atoms with Gasteiger partial charge in [0.2, 0.25) is 0 Å². The van der Waals surface area contributed by atoms with Gasteiger partial charge in [0.1, 0.15) is 17.3 Å². The maximum absolute atomic E-state index is 12.5. The normalized spacial score (nSPS) is 13.2. The first-order chi connectivity index (χ1) is 42.5. The molecule has 1 radical (unpaired) electrons. The molecular weight excluding hydrogens is 1290 g/mol. The fourth-order valence-electron chi connectivity index (χ4n) is 14.2. The van der Waals surface area contributed by atoms with E-state index in [2.05, 4.69) is 247 Å². The Morgan fingerprint density at radius 3 is 1.31 bits per heavy atom. The minimum Gasteiger partial charge on any atom is -0.512 e. The van der Waals surface area contributed by atoms with Crippen LogP contribution in [0.25, 0.3) is 87.1 Å². The zero-order valence-corrected chi connectivity index (χ0v) is 60.4. The molecule has 91 heavy (non-hydrogen) atoms. The number of hydrogen-bond donors (Lipinski definition) is 1. The number of aliphatic hydroxyl groups is 1. The maximum Gasteiger partial charge on any atom is 0.165 e. The van der Waals surface area contributed by atoms with E-state index in [-0.39, 0.29) is 64.1 Å². The molecule has 0 saturated carbocycles. The minimum absolute atomic E-state index is 0. The molecule has 0 aliphatic carbocycles. The van der Waals surface area contributed by atoms with Gasteiger partial charge in [-0.3, -0.25) is 14.8 Å². The summed E-state index contributed by atoms with van der Waals surface area (Å²) in [4.78, 5) is 22.3. The number of pyridine rings is 2. The Morgan fingerprint density at radius 1 is 0.473 bits per heavy atom. The van der Waals surface area contributed by atoms with Crippen molar-refractivity contribution in [1.29, 1.82) is 0 Å². The van der Waals surface area contributed by atoms with Crippen LogP contribution in [0.2, 0.25) is 0 Å². The fraction of sp³-hybridized carbons (Fsp3) is 0.417. The van der Waals surface area contributed by atoms with Crippen LogP contribution in [0.5, 0.6) is 23.0 Å². The first kappa shape index (κ1) is 68.4. The van der Waals surface area contributed by atoms with Gasteiger partial charge in [-0.15, -0.1) is 35.0 Å². The maximum atomic E-state index is 12.5. The van der Waals surface area contributed by atoms with E-state index in [1.165, 1.54) is 77.0 Å². The molecule has 2 aromatic heterocycles. The summed E-state index contributed by atoms with van der Waals surface area (Å²) in [6.07, 6.45) is 14.4. The summed E-state index contributed by atoms with van der Waals surface area (Å²) in [6.45, 7) is 42.0. The summed E-state index contributed by atoms with van der Waals surface area (Å²) in [7, 11) is 0. The monoisotopic (exact) mass is 1390 g/mol. The molecule has 12 rings (SSSR count). The number of aliphatic hydroxyl groups excluding tert-OH is 1. The van der Waals surface area contributed by atoms with Crippen molar-refractivity contribution in [3.63, 3.8) is 0 Å². The molecular formula is C84H98IrN2O4-2. The molecule has 6 nitrogen and oxygen atoms in total. The number of hydrogen-bond acceptors (Lipinski definition) is 6. The number of ether oxygens (including phenoxy) is 2. The number of carbonyl (C=O) groups excluding carboxylic acids is 1. The molecule has 0 fully saturated rings. The molecule has 2 aliphatic heterocycles. The van der Waals surface area contributed by atoms with Gasteiger partial charge in [0, 0.05) is 71.6 Å². The van der Waals surface area contributed by atoms with Crippen LogP contribution >= 0.6 is 0 Å². The molecule has 0 atom stereocenters. The second kappa shape index (κ2) is 26.2. The molecule has 7 heteroatoms. The SMILES string of the molecule is CC(C)(C)Cc1ccc2c(c1)cc1c3c(nccc32)-c2[c-]c3ccccc3c(CC(C)(C)C)c2O1.CCC(CC)(CC)C(=O)/C=C(\O)C(CC)(CC)CC.Cc1ccc2c(CC(C)(C)C)c3c([c-]c2c1)-c1nccc2c1c(cc1cc(CC(C)(C)C)ccc12)O3.[Ir]. The Kier molecular flexibility index (Phi) is 19.7. The Hall–Kier alpha value is -6.92. The Balaban J connectivity index is 0.000000169. The number of carbonyl (C=O) groups is 1. The van der Waals surface area contributed by atoms with Crippen LogP contribution in [0.1, 0.15) is 191 Å². The summed E-state index contributed by atoms with van der Waals surface area (Å²) in [5.74, 6) is 4.00. The van der Waals surface area contributed by atoms with Crippen molar-refractivity contribution in [2.75, 3.05) is 0 Å². The zero-order chi connectivity index (χ0) is 65.0. The van der Waals surface area contributed by atoms with Crippen molar-refractivity contribution in [1.82, 2.24) is 9.97 Å². The van der Waals surface area contributed by atoms with Gasteiger partial charge in [0.25, 0.3) is 0 Å². The van der Waals surface area contributed by atoms with Gasteiger partial charge in [0.15, 0.2) is 5.78 Å². The van der Waals surface area contributed by atoms with Crippen molar-refractivity contribution in [3.05, 3.63) is 167 Å². The van der Waals surface area contributed by atoms with E-state index >= 15 is 0 Å². The number of benzene rings is 8. The molecule has 0 unspecified atom stereocenters. The number of aryl methyl sites for hydroxylation is 1. The van der Waals surface area contributed by atoms with Gasteiger partial charge in [-0.2, -0.15) is 0 Å². The summed E-state index contributed by atoms with van der Waals surface area (Å²) in [5, 5.41) is 24.6. The number of fused-ring (bicyclic) bond motifs is 10. The third-order valence-corrected chi connectivity index (χ3v) is 19.2. The molecule has 0 bridgehead atoms. The van der Waals surface area contributed by atoms with E-state index in [0.29, 0.717) is 0 Å². The number of allylic oxidation sites excluding steroid dienone is 2. The minimum atomic E-state index is -0.297. The fourth-order valence-corrected chi connectivity index (χ4v) is 14.2. The molecule has 0 spiro atoms. The van der Waals surface area contributed by atoms with Gasteiger partial charge in [-0.05, 0) is 161 Å². The van der Waals surface area contributed by atoms with Crippen LogP contribution in [-0.4, -0.2) is 20.9 Å². The van der Waals surface area contributed by atoms with Crippen LogP contribution in [0.3, 0.4) is 0 Å². The summed E-state index contributed by atoms with van der Waals surface area (Å²) < 4.78 is 13.7. The van der Waals surface area contributed by atoms with Crippen LogP contribution in [0.4, 0.5) is 0 Å². The predicted molar refractivity (Wildman–Crippen MR) is 382 cm³/mol. The smallest absolute Gasteiger partial charge is 0.165 e. The number of aromatic nitrogens is 2. The second-order valence-electron chi connectivity index (χ2n) is 31.0. The molecule has 2 aliphatic rings. The van der Waals surface area contributed by atoms with Crippen molar-refractivity contribution in [3.8, 4) is 45.5 Å². The average Bonchev–Trinajstić information content (AvgIpc) is 0.727. The summed E-state index contributed by atoms with van der Waals surface area (Å²) in [5.41, 5.74) is 10.5. The standard InChI is InChI=1S/C34H34NO.C33H32NO.C17H32O2.Ir/c1-20-8-10-25-22(14-20)16-27-31-30-26(12-13-35-31)24-11-9-21(18-33(2,3)4)15-23(24)17-29(30)36-32(27)28(25)19-34(5,6)7;1-32(2,3)18-20-11-12-24-22(15-20)17-28-29-25(24)13-14-34-30(29)26-16-21-9-7-8-10-23(21)27(31(26)35-28)19-33(4,5)6;1-7-16(8-2,9-3)14(18)13-15(19)17(10-4,11-5)12-6;/h8-15,17H,18-19H2,1-7H3;7-15,17H,18-19H2,1-6H3;13,18H,7-12H2,1-6H3;/q2*-1;;/b;;14-13-;. The topological polar surface area (TPSA) is 81.5 Å². The summed E-state index contributed by atoms with van der Waals surface area (Å²) >= 11 is 0. The van der Waals surface area contributed by atoms with Crippen molar-refractivity contribution < 1.29 is 39.5 Å². The summed E-state index contributed by atoms with van der Waals surface area (Å²) in [6, 6.07) is 45.0. The van der Waals surface area contributed by atoms with Gasteiger partial charge in [0.05, 0.1) is 11.5 Å². The molecule has 0 saturated heterocycles. The molecule has 10 aromatic rings. The Labute approximate surface area is 557 Å². The number of nitrogens with zero attached hydrogens (tertiary/aromatic N) is 2. The molecule has 8 aromatic carbocycles. The second-order valence-corrected chi connectivity index (χ2v) is 31.0. The quantitative estimate of drug-likeness (QED) is 0.0536. The number of ketones is 1. The number of rotatable bonds is 13. The average molecular weight is 1390 g/mol. The van der Waals surface area contributed by atoms with E-state index in [9.17, 15) is 9.90 Å². The molecule has 1 N–H and O–H groups in total. The van der Waals surface area contributed by atoms with Crippen LogP contribution in [0.15, 0.2) is 127 Å². The van der Waals surface area contributed by atoms with Crippen LogP contribution < -0.4 is 9.47 Å². The Bertz CT molecular complexity index is 4400. The molecule has 4 heterocycles. The van der Waals surface area contributed by atoms with Gasteiger partial charge < -0.3 is 14.6 Å². The predicted octanol–water partition coefficient (Wildman–Crippen LogP) is 24.3. The first-order valence-electron chi connectivity index (χ1n) is 33.4. The van der Waals surface area contributed by atoms with Crippen molar-refractivity contribution >= 4 is 70.4 Å². The Morgan fingerprint density at radius 2 is 0.879 bits per heavy atom. The van der Waals surface area contributed by atoms with Crippen molar-refractivity contribution in [2.45, 2.75) is 196 Å². The van der Waals surface area contributed by atoms with E-state index in [0.717, 1.165) is 131 Å². The largest absolute Gasteiger partial charge is 0.512 e. The third-order valence-electron chi connectivity index (χ3n) is 19.2. The van der Waals surface area contributed by atoms with E-state index in [4.69, 9.17) is 19.4 Å². The van der Waals surface area contributed by atoms with Crippen molar-refractivity contribution in [2.24, 2.45) is 32.5 Å². The molecule has 0 amide bonds. The van der Waals surface area contributed by atoms with Gasteiger partial charge in [-0.25, -0.2) is 0 Å². The zero-order valence-electron chi connectivity index (χ0n) is 58.0. The third kappa shape index (κ3) is 14.1. The van der Waals surface area contributed by atoms with Gasteiger partial charge in [-0.1, -0.05) is 230 Å².